The van der Waals surface area contributed by atoms with E-state index >= 15 is 0 Å². The van der Waals surface area contributed by atoms with Gasteiger partial charge in [-0.15, -0.1) is 0 Å². The molecule has 5 rings (SSSR count). The van der Waals surface area contributed by atoms with Gasteiger partial charge in [0.1, 0.15) is 12.4 Å². The Hall–Kier alpha value is -4.14. The lowest BCUT2D eigenvalue weighted by Gasteiger charge is -2.18. The number of nitrogens with zero attached hydrogens (tertiary/aromatic N) is 3. The van der Waals surface area contributed by atoms with Crippen LogP contribution in [0.15, 0.2) is 87.2 Å². The fraction of sp³-hybridized carbons (Fsp3) is 0.229. The third kappa shape index (κ3) is 6.66. The van der Waals surface area contributed by atoms with Gasteiger partial charge in [0, 0.05) is 10.0 Å². The van der Waals surface area contributed by atoms with Gasteiger partial charge in [0.05, 0.1) is 35.9 Å². The van der Waals surface area contributed by atoms with Gasteiger partial charge in [0.2, 0.25) is 0 Å². The highest BCUT2D eigenvalue weighted by Gasteiger charge is 2.19. The third-order valence-corrected chi connectivity index (χ3v) is 7.95. The molecule has 4 aromatic carbocycles. The number of ether oxygens (including phenoxy) is 3. The molecule has 1 aromatic heterocycles. The van der Waals surface area contributed by atoms with Gasteiger partial charge in [0.15, 0.2) is 17.3 Å². The van der Waals surface area contributed by atoms with Gasteiger partial charge >= 0.3 is 0 Å². The van der Waals surface area contributed by atoms with E-state index in [9.17, 15) is 4.79 Å². The van der Waals surface area contributed by atoms with Crippen molar-refractivity contribution in [3.05, 3.63) is 115 Å². The molecule has 0 unspecified atom stereocenters. The Labute approximate surface area is 270 Å². The van der Waals surface area contributed by atoms with Crippen LogP contribution in [0.3, 0.4) is 0 Å². The summed E-state index contributed by atoms with van der Waals surface area (Å²) in [4.78, 5) is 18.8. The molecule has 226 valence electrons. The van der Waals surface area contributed by atoms with Crippen LogP contribution in [0.1, 0.15) is 48.9 Å². The Balaban J connectivity index is 1.58. The zero-order valence-electron chi connectivity index (χ0n) is 25.2. The number of rotatable bonds is 10. The molecule has 7 nitrogen and oxygen atoms in total. The molecule has 0 amide bonds. The predicted octanol–water partition coefficient (Wildman–Crippen LogP) is 8.78. The number of hydrogen-bond acceptors (Lipinski definition) is 6. The molecule has 0 radical (unpaired) electrons. The maximum atomic E-state index is 13.8. The maximum absolute atomic E-state index is 13.8. The summed E-state index contributed by atoms with van der Waals surface area (Å²) in [6, 6.07) is 22.6. The van der Waals surface area contributed by atoms with Gasteiger partial charge in [-0.25, -0.2) is 4.98 Å². The van der Waals surface area contributed by atoms with Gasteiger partial charge in [0.25, 0.3) is 5.56 Å². The molecule has 0 bridgehead atoms. The molecule has 5 aromatic rings. The highest BCUT2D eigenvalue weighted by atomic mass is 79.9. The predicted molar refractivity (Wildman–Crippen MR) is 181 cm³/mol. The highest BCUT2D eigenvalue weighted by molar-refractivity contribution is 9.10. The Morgan fingerprint density at radius 1 is 1.02 bits per heavy atom. The van der Waals surface area contributed by atoms with Crippen LogP contribution in [0.5, 0.6) is 17.2 Å². The number of methoxy groups -OCH3 is 1. The van der Waals surface area contributed by atoms with E-state index in [1.807, 2.05) is 68.4 Å². The van der Waals surface area contributed by atoms with Crippen LogP contribution in [0.25, 0.3) is 22.3 Å². The van der Waals surface area contributed by atoms with E-state index < -0.39 is 0 Å². The number of halogens is 2. The van der Waals surface area contributed by atoms with Crippen molar-refractivity contribution in [2.75, 3.05) is 13.7 Å². The molecule has 0 atom stereocenters. The summed E-state index contributed by atoms with van der Waals surface area (Å²) in [7, 11) is 1.55. The van der Waals surface area contributed by atoms with Crippen molar-refractivity contribution in [2.45, 2.75) is 40.2 Å². The molecule has 0 N–H and O–H groups in total. The van der Waals surface area contributed by atoms with Crippen LogP contribution in [0, 0.1) is 6.92 Å². The van der Waals surface area contributed by atoms with E-state index in [2.05, 4.69) is 34.9 Å². The van der Waals surface area contributed by atoms with E-state index in [0.29, 0.717) is 52.0 Å². The lowest BCUT2D eigenvalue weighted by Crippen LogP contribution is -2.21. The second-order valence-corrected chi connectivity index (χ2v) is 11.9. The summed E-state index contributed by atoms with van der Waals surface area (Å²) < 4.78 is 19.9. The summed E-state index contributed by atoms with van der Waals surface area (Å²) in [6.07, 6.45) is 1.57. The Morgan fingerprint density at radius 3 is 2.48 bits per heavy atom. The van der Waals surface area contributed by atoms with E-state index in [1.165, 1.54) is 4.68 Å². The molecule has 1 heterocycles. The van der Waals surface area contributed by atoms with Gasteiger partial charge in [-0.2, -0.15) is 9.78 Å². The second kappa shape index (κ2) is 13.7. The monoisotopic (exact) mass is 673 g/mol. The second-order valence-electron chi connectivity index (χ2n) is 10.6. The normalized spacial score (nSPS) is 11.5. The summed E-state index contributed by atoms with van der Waals surface area (Å²) in [5, 5.41) is 5.47. The first-order chi connectivity index (χ1) is 21.2. The van der Waals surface area contributed by atoms with E-state index in [4.69, 9.17) is 30.8 Å². The number of fused-ring (bicyclic) bond motifs is 1. The largest absolute Gasteiger partial charge is 0.494 e. The maximum Gasteiger partial charge on any atom is 0.282 e. The van der Waals surface area contributed by atoms with Crippen LogP contribution in [0.4, 0.5) is 0 Å². The van der Waals surface area contributed by atoms with E-state index in [1.54, 1.807) is 31.5 Å². The molecule has 0 saturated carbocycles. The molecule has 0 saturated heterocycles. The van der Waals surface area contributed by atoms with Crippen LogP contribution in [-0.2, 0) is 6.61 Å². The van der Waals surface area contributed by atoms with Crippen molar-refractivity contribution < 1.29 is 14.2 Å². The molecule has 9 heteroatoms. The molecule has 0 aliphatic heterocycles. The summed E-state index contributed by atoms with van der Waals surface area (Å²) in [6.45, 7) is 9.04. The first-order valence-corrected chi connectivity index (χ1v) is 15.5. The summed E-state index contributed by atoms with van der Waals surface area (Å²) >= 11 is 10.1. The smallest absolute Gasteiger partial charge is 0.282 e. The van der Waals surface area contributed by atoms with E-state index in [-0.39, 0.29) is 11.5 Å². The number of para-hydroxylation sites is 1. The Bertz CT molecular complexity index is 1900. The Morgan fingerprint density at radius 2 is 1.77 bits per heavy atom. The third-order valence-electron chi connectivity index (χ3n) is 7.14. The molecule has 0 spiro atoms. The minimum absolute atomic E-state index is 0.194. The molecule has 0 aliphatic carbocycles. The highest BCUT2D eigenvalue weighted by Crippen LogP contribution is 2.37. The summed E-state index contributed by atoms with van der Waals surface area (Å²) in [5.74, 6) is 2.32. The fourth-order valence-electron chi connectivity index (χ4n) is 4.89. The minimum atomic E-state index is -0.284. The van der Waals surface area contributed by atoms with Gasteiger partial charge in [-0.05, 0) is 90.6 Å². The van der Waals surface area contributed by atoms with Crippen molar-refractivity contribution in [1.82, 2.24) is 9.66 Å². The molecular formula is C35H33BrClN3O4. The molecule has 0 fully saturated rings. The lowest BCUT2D eigenvalue weighted by molar-refractivity contribution is 0.284. The zero-order chi connectivity index (χ0) is 31.4. The van der Waals surface area contributed by atoms with Crippen LogP contribution >= 0.6 is 27.5 Å². The standard InChI is InChI=1S/C35H33BrClN3O4/c1-6-43-31-15-22(4)28(18-27(31)21(2)3)34-39-30-10-8-7-9-26(30)35(41)40(34)38-19-24-16-29(37)33(32(17-24)42-5)44-20-23-11-13-25(36)14-12-23/h7-19,21H,6,20H2,1-5H3. The number of aromatic nitrogens is 2. The number of hydrogen-bond donors (Lipinski definition) is 0. The summed E-state index contributed by atoms with van der Waals surface area (Å²) in [5.41, 5.74) is 4.66. The quantitative estimate of drug-likeness (QED) is 0.139. The Kier molecular flexibility index (Phi) is 9.71. The molecule has 0 aliphatic rings. The topological polar surface area (TPSA) is 74.9 Å². The molecule has 44 heavy (non-hydrogen) atoms. The lowest BCUT2D eigenvalue weighted by atomic mass is 9.96. The van der Waals surface area contributed by atoms with Crippen LogP contribution in [0.2, 0.25) is 5.02 Å². The van der Waals surface area contributed by atoms with Gasteiger partial charge in [-0.3, -0.25) is 4.79 Å². The first-order valence-electron chi connectivity index (χ1n) is 14.3. The van der Waals surface area contributed by atoms with Crippen molar-refractivity contribution >= 4 is 44.6 Å². The number of aryl methyl sites for hydroxylation is 1. The van der Waals surface area contributed by atoms with Crippen molar-refractivity contribution in [2.24, 2.45) is 5.10 Å². The van der Waals surface area contributed by atoms with Crippen molar-refractivity contribution in [1.29, 1.82) is 0 Å². The average molecular weight is 675 g/mol. The van der Waals surface area contributed by atoms with E-state index in [0.717, 1.165) is 32.5 Å². The average Bonchev–Trinajstić information content (AvgIpc) is 3.00. The van der Waals surface area contributed by atoms with Crippen LogP contribution < -0.4 is 19.8 Å². The van der Waals surface area contributed by atoms with Crippen LogP contribution in [-0.4, -0.2) is 29.6 Å². The van der Waals surface area contributed by atoms with Crippen molar-refractivity contribution in [3.8, 4) is 28.6 Å². The minimum Gasteiger partial charge on any atom is -0.494 e. The first kappa shape index (κ1) is 31.3. The zero-order valence-corrected chi connectivity index (χ0v) is 27.6. The van der Waals surface area contributed by atoms with Gasteiger partial charge < -0.3 is 14.2 Å². The SMILES string of the molecule is CCOc1cc(C)c(-c2nc3ccccc3c(=O)n2N=Cc2cc(Cl)c(OCc3ccc(Br)cc3)c(OC)c2)cc1C(C)C. The number of benzene rings is 4. The van der Waals surface area contributed by atoms with Gasteiger partial charge in [-0.1, -0.05) is 65.6 Å². The fourth-order valence-corrected chi connectivity index (χ4v) is 5.43. The van der Waals surface area contributed by atoms with Crippen molar-refractivity contribution in [3.63, 3.8) is 0 Å². The molecular weight excluding hydrogens is 642 g/mol.